The lowest BCUT2D eigenvalue weighted by atomic mass is 9.96. The van der Waals surface area contributed by atoms with Crippen molar-refractivity contribution < 1.29 is 4.74 Å². The number of hydrogen-bond acceptors (Lipinski definition) is 3. The Labute approximate surface area is 120 Å². The molecule has 3 nitrogen and oxygen atoms in total. The molecule has 106 valence electrons. The summed E-state index contributed by atoms with van der Waals surface area (Å²) < 4.78 is 5.73. The van der Waals surface area contributed by atoms with E-state index in [-0.39, 0.29) is 12.1 Å². The van der Waals surface area contributed by atoms with Crippen molar-refractivity contribution in [3.63, 3.8) is 0 Å². The van der Waals surface area contributed by atoms with Gasteiger partial charge in [-0.2, -0.15) is 0 Å². The van der Waals surface area contributed by atoms with Crippen molar-refractivity contribution >= 4 is 10.9 Å². The van der Waals surface area contributed by atoms with Gasteiger partial charge in [0.05, 0.1) is 17.7 Å². The summed E-state index contributed by atoms with van der Waals surface area (Å²) >= 11 is 0. The zero-order valence-electron chi connectivity index (χ0n) is 12.4. The van der Waals surface area contributed by atoms with Crippen molar-refractivity contribution in [1.29, 1.82) is 0 Å². The Morgan fingerprint density at radius 2 is 2.05 bits per heavy atom. The molecule has 1 aliphatic rings. The first-order chi connectivity index (χ1) is 9.72. The fraction of sp³-hybridized carbons (Fsp3) is 0.471. The minimum atomic E-state index is 0.248. The van der Waals surface area contributed by atoms with Crippen molar-refractivity contribution in [2.24, 2.45) is 5.92 Å². The van der Waals surface area contributed by atoms with E-state index >= 15 is 0 Å². The van der Waals surface area contributed by atoms with Crippen molar-refractivity contribution in [2.45, 2.75) is 31.9 Å². The second-order valence-corrected chi connectivity index (χ2v) is 5.71. The van der Waals surface area contributed by atoms with E-state index in [0.29, 0.717) is 5.92 Å². The van der Waals surface area contributed by atoms with Crippen LogP contribution >= 0.6 is 0 Å². The van der Waals surface area contributed by atoms with Crippen LogP contribution in [0.1, 0.15) is 30.1 Å². The standard InChI is InChI=1S/C17H22N2O/c1-11-4-5-13-10-14(8-9-15(13)19-11)16(18-2)17(20-3)12-6-7-12/h4-5,8-10,12,16-18H,6-7H2,1-3H3. The van der Waals surface area contributed by atoms with Crippen LogP contribution < -0.4 is 5.32 Å². The average molecular weight is 270 g/mol. The highest BCUT2D eigenvalue weighted by molar-refractivity contribution is 5.79. The summed E-state index contributed by atoms with van der Waals surface area (Å²) in [4.78, 5) is 4.56. The number of methoxy groups -OCH3 is 1. The third-order valence-electron chi connectivity index (χ3n) is 4.21. The molecule has 0 saturated heterocycles. The van der Waals surface area contributed by atoms with E-state index in [9.17, 15) is 0 Å². The van der Waals surface area contributed by atoms with E-state index in [1.54, 1.807) is 0 Å². The van der Waals surface area contributed by atoms with Gasteiger partial charge in [-0.05, 0) is 56.5 Å². The SMILES string of the molecule is CNC(c1ccc2nc(C)ccc2c1)C(OC)C1CC1. The Balaban J connectivity index is 1.96. The predicted molar refractivity (Wildman–Crippen MR) is 81.8 cm³/mol. The molecule has 0 amide bonds. The van der Waals surface area contributed by atoms with E-state index < -0.39 is 0 Å². The van der Waals surface area contributed by atoms with Gasteiger partial charge < -0.3 is 10.1 Å². The molecular weight excluding hydrogens is 248 g/mol. The van der Waals surface area contributed by atoms with Crippen LogP contribution in [0.2, 0.25) is 0 Å². The molecule has 1 aliphatic carbocycles. The quantitative estimate of drug-likeness (QED) is 0.905. The molecule has 0 aliphatic heterocycles. The topological polar surface area (TPSA) is 34.2 Å². The van der Waals surface area contributed by atoms with Crippen LogP contribution in [0.5, 0.6) is 0 Å². The summed E-state index contributed by atoms with van der Waals surface area (Å²) in [5.41, 5.74) is 3.40. The Bertz CT molecular complexity index is 607. The lowest BCUT2D eigenvalue weighted by molar-refractivity contribution is 0.0531. The van der Waals surface area contributed by atoms with E-state index in [2.05, 4.69) is 40.6 Å². The molecule has 1 fully saturated rings. The number of benzene rings is 1. The number of aryl methyl sites for hydroxylation is 1. The van der Waals surface area contributed by atoms with E-state index in [1.165, 1.54) is 23.8 Å². The molecule has 3 heteroatoms. The summed E-state index contributed by atoms with van der Waals surface area (Å²) in [6.07, 6.45) is 2.83. The number of nitrogens with one attached hydrogen (secondary N) is 1. The van der Waals surface area contributed by atoms with E-state index in [0.717, 1.165) is 11.2 Å². The maximum Gasteiger partial charge on any atom is 0.0793 e. The second kappa shape index (κ2) is 5.51. The van der Waals surface area contributed by atoms with Crippen molar-refractivity contribution in [3.8, 4) is 0 Å². The number of likely N-dealkylation sites (N-methyl/N-ethyl adjacent to an activating group) is 1. The van der Waals surface area contributed by atoms with Gasteiger partial charge in [-0.15, -0.1) is 0 Å². The monoisotopic (exact) mass is 270 g/mol. The molecule has 2 atom stereocenters. The highest BCUT2D eigenvalue weighted by Crippen LogP contribution is 2.40. The van der Waals surface area contributed by atoms with Gasteiger partial charge in [-0.1, -0.05) is 12.1 Å². The molecule has 20 heavy (non-hydrogen) atoms. The van der Waals surface area contributed by atoms with Gasteiger partial charge in [0.2, 0.25) is 0 Å². The van der Waals surface area contributed by atoms with Crippen LogP contribution in [0, 0.1) is 12.8 Å². The predicted octanol–water partition coefficient (Wildman–Crippen LogP) is 3.23. The molecule has 2 unspecified atom stereocenters. The minimum Gasteiger partial charge on any atom is -0.379 e. The number of hydrogen-bond donors (Lipinski definition) is 1. The molecular formula is C17H22N2O. The molecule has 1 heterocycles. The summed E-state index contributed by atoms with van der Waals surface area (Å²) in [6.45, 7) is 2.03. The van der Waals surface area contributed by atoms with Gasteiger partial charge in [0.15, 0.2) is 0 Å². The molecule has 1 saturated carbocycles. The normalized spacial score (nSPS) is 18.1. The minimum absolute atomic E-state index is 0.248. The molecule has 0 radical (unpaired) electrons. The Hall–Kier alpha value is -1.45. The summed E-state index contributed by atoms with van der Waals surface area (Å²) in [7, 11) is 3.83. The van der Waals surface area contributed by atoms with Gasteiger partial charge in [-0.25, -0.2) is 0 Å². The Morgan fingerprint density at radius 1 is 1.25 bits per heavy atom. The first-order valence-corrected chi connectivity index (χ1v) is 7.30. The van der Waals surface area contributed by atoms with E-state index in [1.807, 2.05) is 21.1 Å². The number of pyridine rings is 1. The number of aromatic nitrogens is 1. The van der Waals surface area contributed by atoms with Crippen LogP contribution in [0.3, 0.4) is 0 Å². The lowest BCUT2D eigenvalue weighted by Crippen LogP contribution is -2.32. The van der Waals surface area contributed by atoms with Gasteiger partial charge in [0.1, 0.15) is 0 Å². The number of fused-ring (bicyclic) bond motifs is 1. The van der Waals surface area contributed by atoms with Crippen molar-refractivity contribution in [1.82, 2.24) is 10.3 Å². The van der Waals surface area contributed by atoms with Gasteiger partial charge >= 0.3 is 0 Å². The van der Waals surface area contributed by atoms with Crippen LogP contribution in [-0.4, -0.2) is 25.2 Å². The largest absolute Gasteiger partial charge is 0.379 e. The van der Waals surface area contributed by atoms with E-state index in [4.69, 9.17) is 4.74 Å². The molecule has 3 rings (SSSR count). The second-order valence-electron chi connectivity index (χ2n) is 5.71. The third kappa shape index (κ3) is 2.56. The summed E-state index contributed by atoms with van der Waals surface area (Å²) in [5.74, 6) is 0.698. The highest BCUT2D eigenvalue weighted by atomic mass is 16.5. The van der Waals surface area contributed by atoms with Gasteiger partial charge in [0.25, 0.3) is 0 Å². The Morgan fingerprint density at radius 3 is 2.70 bits per heavy atom. The highest BCUT2D eigenvalue weighted by Gasteiger charge is 2.36. The smallest absolute Gasteiger partial charge is 0.0793 e. The molecule has 2 aromatic rings. The van der Waals surface area contributed by atoms with Crippen molar-refractivity contribution in [3.05, 3.63) is 41.6 Å². The van der Waals surface area contributed by atoms with Crippen LogP contribution in [0.15, 0.2) is 30.3 Å². The number of rotatable bonds is 5. The lowest BCUT2D eigenvalue weighted by Gasteiger charge is -2.26. The fourth-order valence-electron chi connectivity index (χ4n) is 2.99. The van der Waals surface area contributed by atoms with Gasteiger partial charge in [-0.3, -0.25) is 4.98 Å². The molecule has 1 aromatic carbocycles. The molecule has 1 N–H and O–H groups in total. The van der Waals surface area contributed by atoms with Crippen LogP contribution in [0.25, 0.3) is 10.9 Å². The number of ether oxygens (including phenoxy) is 1. The maximum atomic E-state index is 5.73. The van der Waals surface area contributed by atoms with Crippen LogP contribution in [0.4, 0.5) is 0 Å². The van der Waals surface area contributed by atoms with Crippen LogP contribution in [-0.2, 0) is 4.74 Å². The molecule has 1 aromatic heterocycles. The number of nitrogens with zero attached hydrogens (tertiary/aromatic N) is 1. The Kier molecular flexibility index (Phi) is 3.72. The molecule has 0 spiro atoms. The average Bonchev–Trinajstić information content (AvgIpc) is 3.28. The fourth-order valence-corrected chi connectivity index (χ4v) is 2.99. The summed E-state index contributed by atoms with van der Waals surface area (Å²) in [6, 6.07) is 11.0. The maximum absolute atomic E-state index is 5.73. The first-order valence-electron chi connectivity index (χ1n) is 7.30. The van der Waals surface area contributed by atoms with Gasteiger partial charge in [0, 0.05) is 18.2 Å². The molecule has 0 bridgehead atoms. The zero-order chi connectivity index (χ0) is 14.1. The summed E-state index contributed by atoms with van der Waals surface area (Å²) in [5, 5.41) is 4.61. The van der Waals surface area contributed by atoms with Crippen molar-refractivity contribution in [2.75, 3.05) is 14.2 Å². The zero-order valence-corrected chi connectivity index (χ0v) is 12.4. The third-order valence-corrected chi connectivity index (χ3v) is 4.21. The first kappa shape index (κ1) is 13.5.